The number of fused-ring (bicyclic) bond motifs is 4. The Morgan fingerprint density at radius 3 is 2.32 bits per heavy atom. The molecule has 1 fully saturated rings. The molecule has 0 aromatic heterocycles. The van der Waals surface area contributed by atoms with Gasteiger partial charge in [-0.3, -0.25) is 9.69 Å². The number of carboxylic acid groups (broad SMARTS) is 1. The van der Waals surface area contributed by atoms with E-state index < -0.39 is 41.6 Å². The summed E-state index contributed by atoms with van der Waals surface area (Å²) in [5.41, 5.74) is 1.88. The van der Waals surface area contributed by atoms with Crippen molar-refractivity contribution in [3.8, 4) is 5.75 Å². The van der Waals surface area contributed by atoms with Gasteiger partial charge in [-0.2, -0.15) is 0 Å². The van der Waals surface area contributed by atoms with Gasteiger partial charge in [0.05, 0.1) is 25.4 Å². The molecule has 2 amide bonds. The van der Waals surface area contributed by atoms with Crippen molar-refractivity contribution in [2.24, 2.45) is 5.41 Å². The van der Waals surface area contributed by atoms with Crippen LogP contribution < -0.4 is 10.1 Å². The van der Waals surface area contributed by atoms with E-state index in [0.29, 0.717) is 6.61 Å². The molecule has 2 N–H and O–H groups in total. The maximum atomic E-state index is 13.7. The molecule has 10 heteroatoms. The number of cyclic esters (lactones) is 1. The fourth-order valence-electron chi connectivity index (χ4n) is 5.93. The molecule has 41 heavy (non-hydrogen) atoms. The molecule has 3 aliphatic heterocycles. The maximum Gasteiger partial charge on any atom is 0.407 e. The van der Waals surface area contributed by atoms with Crippen LogP contribution in [0, 0.1) is 5.41 Å². The zero-order valence-corrected chi connectivity index (χ0v) is 25.2. The Morgan fingerprint density at radius 1 is 0.976 bits per heavy atom. The van der Waals surface area contributed by atoms with E-state index in [0.717, 1.165) is 50.9 Å². The summed E-state index contributed by atoms with van der Waals surface area (Å²) in [6.45, 7) is 12.3. The second-order valence-corrected chi connectivity index (χ2v) is 12.8. The van der Waals surface area contributed by atoms with Crippen molar-refractivity contribution in [3.63, 3.8) is 0 Å². The number of carbonyl (C=O) groups is 3. The van der Waals surface area contributed by atoms with Crippen LogP contribution in [0.15, 0.2) is 18.2 Å². The standard InChI is InChI=1S/C31H47N3O7/c1-20-21(2)41-25-16-26(29(36)37)34(19-25)28(35)27(31(3,4)5)32-30(38)40-14-10-8-6-7-9-13-39-24-12-11-22-17-33(20)18-23(22)15-24/h11-12,15,20-21,25-27H,6-10,13-14,16-19H2,1-5H3,(H,32,38)(H,36,37). The van der Waals surface area contributed by atoms with E-state index in [9.17, 15) is 19.5 Å². The summed E-state index contributed by atoms with van der Waals surface area (Å²) in [7, 11) is 0. The third-order valence-corrected chi connectivity index (χ3v) is 8.58. The van der Waals surface area contributed by atoms with Crippen LogP contribution in [0.1, 0.15) is 84.3 Å². The molecule has 3 aliphatic rings. The van der Waals surface area contributed by atoms with Gasteiger partial charge in [0.25, 0.3) is 0 Å². The van der Waals surface area contributed by atoms with E-state index in [1.807, 2.05) is 33.8 Å². The van der Waals surface area contributed by atoms with Crippen LogP contribution in [-0.2, 0) is 32.2 Å². The van der Waals surface area contributed by atoms with Crippen LogP contribution in [0.5, 0.6) is 5.75 Å². The van der Waals surface area contributed by atoms with Crippen LogP contribution in [0.25, 0.3) is 0 Å². The zero-order valence-electron chi connectivity index (χ0n) is 25.2. The van der Waals surface area contributed by atoms with E-state index in [1.54, 1.807) is 0 Å². The first-order valence-corrected chi connectivity index (χ1v) is 15.0. The van der Waals surface area contributed by atoms with E-state index in [4.69, 9.17) is 14.2 Å². The predicted molar refractivity (Wildman–Crippen MR) is 154 cm³/mol. The number of alkyl carbamates (subject to hydrolysis) is 1. The van der Waals surface area contributed by atoms with Gasteiger partial charge in [0, 0.05) is 32.1 Å². The Kier molecular flexibility index (Phi) is 10.2. The van der Waals surface area contributed by atoms with Gasteiger partial charge in [0.2, 0.25) is 5.91 Å². The largest absolute Gasteiger partial charge is 0.494 e. The molecule has 3 heterocycles. The van der Waals surface area contributed by atoms with Crippen LogP contribution in [-0.4, -0.2) is 83.0 Å². The summed E-state index contributed by atoms with van der Waals surface area (Å²) in [6, 6.07) is 4.43. The first-order valence-electron chi connectivity index (χ1n) is 15.0. The lowest BCUT2D eigenvalue weighted by atomic mass is 9.85. The van der Waals surface area contributed by atoms with Gasteiger partial charge in [-0.1, -0.05) is 46.1 Å². The molecule has 6 atom stereocenters. The molecule has 0 spiro atoms. The molecule has 10 nitrogen and oxygen atoms in total. The summed E-state index contributed by atoms with van der Waals surface area (Å²) >= 11 is 0. The minimum atomic E-state index is -1.08. The van der Waals surface area contributed by atoms with Crippen molar-refractivity contribution in [1.29, 1.82) is 0 Å². The van der Waals surface area contributed by atoms with Crippen molar-refractivity contribution in [1.82, 2.24) is 15.1 Å². The molecule has 5 bridgehead atoms. The fourth-order valence-corrected chi connectivity index (χ4v) is 5.93. The van der Waals surface area contributed by atoms with Crippen molar-refractivity contribution in [2.45, 2.75) is 117 Å². The zero-order chi connectivity index (χ0) is 29.7. The number of aliphatic carboxylic acids is 1. The summed E-state index contributed by atoms with van der Waals surface area (Å²) < 4.78 is 17.8. The Balaban J connectivity index is 1.51. The first-order chi connectivity index (χ1) is 19.4. The van der Waals surface area contributed by atoms with Gasteiger partial charge in [0.1, 0.15) is 17.8 Å². The van der Waals surface area contributed by atoms with Crippen molar-refractivity contribution in [2.75, 3.05) is 19.8 Å². The second-order valence-electron chi connectivity index (χ2n) is 12.8. The molecule has 0 radical (unpaired) electrons. The molecule has 1 saturated heterocycles. The number of rotatable bonds is 1. The van der Waals surface area contributed by atoms with E-state index in [2.05, 4.69) is 29.3 Å². The lowest BCUT2D eigenvalue weighted by Crippen LogP contribution is -2.57. The highest BCUT2D eigenvalue weighted by Crippen LogP contribution is 2.32. The number of hydrogen-bond donors (Lipinski definition) is 2. The molecule has 6 unspecified atom stereocenters. The molecule has 0 aliphatic carbocycles. The molecular formula is C31H47N3O7. The monoisotopic (exact) mass is 573 g/mol. The Morgan fingerprint density at radius 2 is 1.63 bits per heavy atom. The number of ether oxygens (including phenoxy) is 3. The van der Waals surface area contributed by atoms with Crippen LogP contribution >= 0.6 is 0 Å². The quantitative estimate of drug-likeness (QED) is 0.510. The average Bonchev–Trinajstić information content (AvgIpc) is 3.53. The molecular weight excluding hydrogens is 526 g/mol. The molecule has 4 rings (SSSR count). The van der Waals surface area contributed by atoms with Crippen molar-refractivity contribution in [3.05, 3.63) is 29.3 Å². The van der Waals surface area contributed by atoms with Crippen molar-refractivity contribution < 1.29 is 33.7 Å². The van der Waals surface area contributed by atoms with Gasteiger partial charge in [-0.05, 0) is 55.4 Å². The summed E-state index contributed by atoms with van der Waals surface area (Å²) in [5, 5.41) is 12.7. The highest BCUT2D eigenvalue weighted by molar-refractivity contribution is 5.90. The molecule has 1 aromatic rings. The van der Waals surface area contributed by atoms with Crippen LogP contribution in [0.3, 0.4) is 0 Å². The fraction of sp³-hybridized carbons (Fsp3) is 0.710. The average molecular weight is 574 g/mol. The Hall–Kier alpha value is -2.85. The van der Waals surface area contributed by atoms with E-state index in [1.165, 1.54) is 16.0 Å². The number of nitrogens with one attached hydrogen (secondary N) is 1. The van der Waals surface area contributed by atoms with Crippen LogP contribution in [0.2, 0.25) is 0 Å². The van der Waals surface area contributed by atoms with E-state index >= 15 is 0 Å². The number of carboxylic acids is 1. The molecule has 1 aromatic carbocycles. The summed E-state index contributed by atoms with van der Waals surface area (Å²) in [6.07, 6.45) is 3.57. The number of nitrogens with zero attached hydrogens (tertiary/aromatic N) is 2. The lowest BCUT2D eigenvalue weighted by molar-refractivity contribution is -0.150. The third-order valence-electron chi connectivity index (χ3n) is 8.58. The first kappa shape index (κ1) is 31.1. The van der Waals surface area contributed by atoms with Gasteiger partial charge in [-0.25, -0.2) is 9.59 Å². The van der Waals surface area contributed by atoms with Gasteiger partial charge in [0.15, 0.2) is 0 Å². The van der Waals surface area contributed by atoms with Gasteiger partial charge in [-0.15, -0.1) is 0 Å². The Labute approximate surface area is 243 Å². The summed E-state index contributed by atoms with van der Waals surface area (Å²) in [4.78, 5) is 42.3. The molecule has 228 valence electrons. The molecule has 0 saturated carbocycles. The number of benzene rings is 1. The van der Waals surface area contributed by atoms with Crippen molar-refractivity contribution >= 4 is 18.0 Å². The number of carbonyl (C=O) groups excluding carboxylic acids is 2. The Bertz CT molecular complexity index is 1090. The van der Waals surface area contributed by atoms with Gasteiger partial charge < -0.3 is 29.5 Å². The third kappa shape index (κ3) is 7.92. The smallest absolute Gasteiger partial charge is 0.407 e. The van der Waals surface area contributed by atoms with E-state index in [-0.39, 0.29) is 31.7 Å². The normalized spacial score (nSPS) is 30.7. The highest BCUT2D eigenvalue weighted by atomic mass is 16.5. The summed E-state index contributed by atoms with van der Waals surface area (Å²) in [5.74, 6) is -0.623. The highest BCUT2D eigenvalue weighted by Gasteiger charge is 2.46. The SMILES string of the molecule is CC1OC2CC(C(=O)O)N(C2)C(=O)C(C(C)(C)C)NC(=O)OCCCCCCCOc2ccc3c(c2)CN(C3)C1C. The van der Waals surface area contributed by atoms with Crippen LogP contribution in [0.4, 0.5) is 4.79 Å². The predicted octanol–water partition coefficient (Wildman–Crippen LogP) is 4.33. The topological polar surface area (TPSA) is 118 Å². The second kappa shape index (κ2) is 13.4. The minimum absolute atomic E-state index is 0.0732. The maximum absolute atomic E-state index is 13.7. The number of amides is 2. The van der Waals surface area contributed by atoms with Gasteiger partial charge >= 0.3 is 12.1 Å². The lowest BCUT2D eigenvalue weighted by Gasteiger charge is -2.34. The number of hydrogen-bond acceptors (Lipinski definition) is 7. The minimum Gasteiger partial charge on any atom is -0.494 e.